The standard InChI is InChI=1S/C18H19BrN2O4/c1-3-16(15-10-12(19)4-9-17(15)22)20-21-18(23)11-25-14-7-5-13(24-2)6-8-14/h4-10,22H,3,11H2,1-2H3,(H,21,23)/b20-16+. The summed E-state index contributed by atoms with van der Waals surface area (Å²) < 4.78 is 11.3. The first kappa shape index (κ1) is 18.8. The van der Waals surface area contributed by atoms with Gasteiger partial charge >= 0.3 is 0 Å². The molecule has 0 bridgehead atoms. The van der Waals surface area contributed by atoms with E-state index in [-0.39, 0.29) is 12.4 Å². The molecule has 0 radical (unpaired) electrons. The van der Waals surface area contributed by atoms with E-state index in [0.717, 1.165) is 4.47 Å². The van der Waals surface area contributed by atoms with Gasteiger partial charge in [-0.3, -0.25) is 4.79 Å². The number of aromatic hydroxyl groups is 1. The quantitative estimate of drug-likeness (QED) is 0.544. The minimum atomic E-state index is -0.392. The molecule has 132 valence electrons. The summed E-state index contributed by atoms with van der Waals surface area (Å²) in [7, 11) is 1.58. The van der Waals surface area contributed by atoms with Crippen LogP contribution in [0, 0.1) is 0 Å². The molecular weight excluding hydrogens is 388 g/mol. The fraction of sp³-hybridized carbons (Fsp3) is 0.222. The average Bonchev–Trinajstić information content (AvgIpc) is 2.63. The van der Waals surface area contributed by atoms with E-state index in [4.69, 9.17) is 9.47 Å². The van der Waals surface area contributed by atoms with Crippen LogP contribution in [0.2, 0.25) is 0 Å². The maximum absolute atomic E-state index is 11.9. The zero-order valence-corrected chi connectivity index (χ0v) is 15.5. The van der Waals surface area contributed by atoms with Crippen molar-refractivity contribution in [2.24, 2.45) is 5.10 Å². The van der Waals surface area contributed by atoms with Gasteiger partial charge < -0.3 is 14.6 Å². The number of phenols is 1. The van der Waals surface area contributed by atoms with Gasteiger partial charge in [-0.15, -0.1) is 0 Å². The second-order valence-electron chi connectivity index (χ2n) is 5.07. The third-order valence-electron chi connectivity index (χ3n) is 3.35. The molecule has 0 fully saturated rings. The van der Waals surface area contributed by atoms with Crippen molar-refractivity contribution >= 4 is 27.5 Å². The Kier molecular flexibility index (Phi) is 6.82. The molecule has 7 heteroatoms. The van der Waals surface area contributed by atoms with Crippen LogP contribution in [0.25, 0.3) is 0 Å². The lowest BCUT2D eigenvalue weighted by Crippen LogP contribution is -2.26. The van der Waals surface area contributed by atoms with E-state index >= 15 is 0 Å². The van der Waals surface area contributed by atoms with Gasteiger partial charge in [-0.05, 0) is 48.9 Å². The zero-order chi connectivity index (χ0) is 18.2. The Hall–Kier alpha value is -2.54. The molecule has 2 aromatic rings. The van der Waals surface area contributed by atoms with Crippen LogP contribution in [-0.2, 0) is 4.79 Å². The van der Waals surface area contributed by atoms with Gasteiger partial charge in [0.15, 0.2) is 6.61 Å². The Morgan fingerprint density at radius 2 is 1.88 bits per heavy atom. The van der Waals surface area contributed by atoms with Crippen LogP contribution in [0.1, 0.15) is 18.9 Å². The van der Waals surface area contributed by atoms with E-state index in [2.05, 4.69) is 26.5 Å². The first-order chi connectivity index (χ1) is 12.0. The summed E-state index contributed by atoms with van der Waals surface area (Å²) in [5, 5.41) is 14.0. The molecule has 0 aliphatic rings. The second kappa shape index (κ2) is 9.08. The minimum absolute atomic E-state index is 0.104. The molecule has 0 aromatic heterocycles. The highest BCUT2D eigenvalue weighted by molar-refractivity contribution is 9.10. The molecule has 2 N–H and O–H groups in total. The fourth-order valence-corrected chi connectivity index (χ4v) is 2.41. The Bertz CT molecular complexity index is 760. The number of hydrazone groups is 1. The highest BCUT2D eigenvalue weighted by Gasteiger charge is 2.09. The highest BCUT2D eigenvalue weighted by atomic mass is 79.9. The summed E-state index contributed by atoms with van der Waals surface area (Å²) in [4.78, 5) is 11.9. The maximum Gasteiger partial charge on any atom is 0.277 e. The minimum Gasteiger partial charge on any atom is -0.507 e. The highest BCUT2D eigenvalue weighted by Crippen LogP contribution is 2.23. The van der Waals surface area contributed by atoms with Crippen LogP contribution in [0.5, 0.6) is 17.2 Å². The van der Waals surface area contributed by atoms with Crippen LogP contribution in [-0.4, -0.2) is 30.4 Å². The third kappa shape index (κ3) is 5.49. The first-order valence-electron chi connectivity index (χ1n) is 7.64. The molecule has 0 saturated carbocycles. The Labute approximate surface area is 154 Å². The number of amides is 1. The summed E-state index contributed by atoms with van der Waals surface area (Å²) in [6.07, 6.45) is 0.545. The summed E-state index contributed by atoms with van der Waals surface area (Å²) in [5.74, 6) is 0.979. The number of ether oxygens (including phenoxy) is 2. The first-order valence-corrected chi connectivity index (χ1v) is 8.44. The zero-order valence-electron chi connectivity index (χ0n) is 14.0. The molecule has 0 heterocycles. The molecule has 2 aromatic carbocycles. The van der Waals surface area contributed by atoms with E-state index in [1.165, 1.54) is 0 Å². The Morgan fingerprint density at radius 1 is 1.20 bits per heavy atom. The lowest BCUT2D eigenvalue weighted by molar-refractivity contribution is -0.123. The number of phenolic OH excluding ortho intramolecular Hbond substituents is 1. The molecule has 0 atom stereocenters. The van der Waals surface area contributed by atoms with Crippen LogP contribution in [0.4, 0.5) is 0 Å². The number of hydrogen-bond acceptors (Lipinski definition) is 5. The Balaban J connectivity index is 1.96. The molecule has 25 heavy (non-hydrogen) atoms. The normalized spacial score (nSPS) is 11.1. The number of carbonyl (C=O) groups is 1. The van der Waals surface area contributed by atoms with E-state index in [9.17, 15) is 9.90 Å². The van der Waals surface area contributed by atoms with Crippen molar-refractivity contribution in [1.29, 1.82) is 0 Å². The van der Waals surface area contributed by atoms with Crippen molar-refractivity contribution in [2.45, 2.75) is 13.3 Å². The summed E-state index contributed by atoms with van der Waals surface area (Å²) >= 11 is 3.35. The van der Waals surface area contributed by atoms with E-state index in [0.29, 0.717) is 29.2 Å². The smallest absolute Gasteiger partial charge is 0.277 e. The van der Waals surface area contributed by atoms with Crippen LogP contribution >= 0.6 is 15.9 Å². The number of hydrogen-bond donors (Lipinski definition) is 2. The molecule has 6 nitrogen and oxygen atoms in total. The van der Waals surface area contributed by atoms with Crippen LogP contribution in [0.3, 0.4) is 0 Å². The van der Waals surface area contributed by atoms with Crippen molar-refractivity contribution < 1.29 is 19.4 Å². The molecule has 0 spiro atoms. The van der Waals surface area contributed by atoms with Gasteiger partial charge in [-0.2, -0.15) is 5.10 Å². The van der Waals surface area contributed by atoms with Gasteiger partial charge in [-0.25, -0.2) is 5.43 Å². The predicted octanol–water partition coefficient (Wildman–Crippen LogP) is 3.47. The molecule has 0 saturated heterocycles. The van der Waals surface area contributed by atoms with E-state index in [1.54, 1.807) is 49.6 Å². The van der Waals surface area contributed by atoms with Crippen LogP contribution in [0.15, 0.2) is 52.0 Å². The lowest BCUT2D eigenvalue weighted by atomic mass is 10.1. The van der Waals surface area contributed by atoms with Gasteiger partial charge in [0.2, 0.25) is 0 Å². The molecule has 1 amide bonds. The number of halogens is 1. The van der Waals surface area contributed by atoms with Gasteiger partial charge in [0.25, 0.3) is 5.91 Å². The number of methoxy groups -OCH3 is 1. The summed E-state index contributed by atoms with van der Waals surface area (Å²) in [6.45, 7) is 1.72. The number of nitrogens with one attached hydrogen (secondary N) is 1. The van der Waals surface area contributed by atoms with Crippen molar-refractivity contribution in [3.8, 4) is 17.2 Å². The number of rotatable bonds is 7. The fourth-order valence-electron chi connectivity index (χ4n) is 2.05. The third-order valence-corrected chi connectivity index (χ3v) is 3.84. The van der Waals surface area contributed by atoms with Crippen molar-refractivity contribution in [3.63, 3.8) is 0 Å². The van der Waals surface area contributed by atoms with Gasteiger partial charge in [-0.1, -0.05) is 22.9 Å². The van der Waals surface area contributed by atoms with E-state index in [1.807, 2.05) is 6.92 Å². The maximum atomic E-state index is 11.9. The molecule has 2 rings (SSSR count). The molecule has 0 aliphatic carbocycles. The van der Waals surface area contributed by atoms with Gasteiger partial charge in [0.05, 0.1) is 12.8 Å². The average molecular weight is 407 g/mol. The second-order valence-corrected chi connectivity index (χ2v) is 5.99. The molecule has 0 aliphatic heterocycles. The number of carbonyl (C=O) groups excluding carboxylic acids is 1. The molecular formula is C18H19BrN2O4. The predicted molar refractivity (Wildman–Crippen MR) is 99.3 cm³/mol. The number of benzene rings is 2. The number of nitrogens with zero attached hydrogens (tertiary/aromatic N) is 1. The summed E-state index contributed by atoms with van der Waals surface area (Å²) in [5.41, 5.74) is 3.57. The van der Waals surface area contributed by atoms with Crippen LogP contribution < -0.4 is 14.9 Å². The monoisotopic (exact) mass is 406 g/mol. The SMILES string of the molecule is CC/C(=N\NC(=O)COc1ccc(OC)cc1)c1cc(Br)ccc1O. The Morgan fingerprint density at radius 3 is 2.52 bits per heavy atom. The van der Waals surface area contributed by atoms with Crippen molar-refractivity contribution in [3.05, 3.63) is 52.5 Å². The van der Waals surface area contributed by atoms with Crippen molar-refractivity contribution in [1.82, 2.24) is 5.43 Å². The van der Waals surface area contributed by atoms with E-state index < -0.39 is 5.91 Å². The molecule has 0 unspecified atom stereocenters. The largest absolute Gasteiger partial charge is 0.507 e. The lowest BCUT2D eigenvalue weighted by Gasteiger charge is -2.09. The topological polar surface area (TPSA) is 80.2 Å². The van der Waals surface area contributed by atoms with Gasteiger partial charge in [0, 0.05) is 10.0 Å². The summed E-state index contributed by atoms with van der Waals surface area (Å²) in [6, 6.07) is 12.0. The van der Waals surface area contributed by atoms with Crippen molar-refractivity contribution in [2.75, 3.05) is 13.7 Å². The van der Waals surface area contributed by atoms with Gasteiger partial charge in [0.1, 0.15) is 17.2 Å².